The van der Waals surface area contributed by atoms with Crippen LogP contribution >= 0.6 is 22.6 Å². The Balaban J connectivity index is 2.69. The first-order valence-electron chi connectivity index (χ1n) is 5.76. The lowest BCUT2D eigenvalue weighted by Crippen LogP contribution is -2.31. The quantitative estimate of drug-likeness (QED) is 0.348. The van der Waals surface area contributed by atoms with Crippen molar-refractivity contribution in [2.75, 3.05) is 0 Å². The summed E-state index contributed by atoms with van der Waals surface area (Å²) in [5, 5.41) is 18.8. The molecule has 1 aromatic carbocycles. The highest BCUT2D eigenvalue weighted by molar-refractivity contribution is 14.1. The van der Waals surface area contributed by atoms with E-state index in [4.69, 9.17) is 5.11 Å². The molecule has 0 aliphatic carbocycles. The molecule has 0 saturated carbocycles. The molecule has 0 amide bonds. The van der Waals surface area contributed by atoms with Crippen LogP contribution in [0.25, 0.3) is 0 Å². The van der Waals surface area contributed by atoms with Crippen molar-refractivity contribution in [2.45, 2.75) is 23.4 Å². The average Bonchev–Trinajstić information content (AvgIpc) is 2.38. The van der Waals surface area contributed by atoms with Gasteiger partial charge in [0.05, 0.1) is 0 Å². The van der Waals surface area contributed by atoms with E-state index < -0.39 is 9.58 Å². The van der Waals surface area contributed by atoms with Crippen LogP contribution in [0.3, 0.4) is 0 Å². The van der Waals surface area contributed by atoms with Gasteiger partial charge in [-0.05, 0) is 42.4 Å². The van der Waals surface area contributed by atoms with E-state index in [1.54, 1.807) is 52.9 Å². The SMILES string of the molecule is CC(=CCCC(O)(I)C(=O)c1ccccc1)C(=O)O. The van der Waals surface area contributed by atoms with Crippen LogP contribution in [0, 0.1) is 0 Å². The summed E-state index contributed by atoms with van der Waals surface area (Å²) in [6, 6.07) is 8.54. The van der Waals surface area contributed by atoms with E-state index in [-0.39, 0.29) is 17.8 Å². The Kier molecular flexibility index (Phi) is 5.68. The zero-order chi connectivity index (χ0) is 14.5. The number of carbonyl (C=O) groups is 2. The van der Waals surface area contributed by atoms with E-state index in [2.05, 4.69) is 0 Å². The van der Waals surface area contributed by atoms with Gasteiger partial charge in [0.25, 0.3) is 0 Å². The predicted molar refractivity (Wildman–Crippen MR) is 80.4 cm³/mol. The zero-order valence-corrected chi connectivity index (χ0v) is 12.6. The second kappa shape index (κ2) is 6.81. The molecule has 4 nitrogen and oxygen atoms in total. The molecular formula is C14H15IO4. The molecule has 0 aliphatic heterocycles. The summed E-state index contributed by atoms with van der Waals surface area (Å²) in [4.78, 5) is 22.7. The van der Waals surface area contributed by atoms with Crippen molar-refractivity contribution in [1.82, 2.24) is 0 Å². The van der Waals surface area contributed by atoms with Crippen LogP contribution in [0.1, 0.15) is 30.1 Å². The number of allylic oxidation sites excluding steroid dienone is 1. The van der Waals surface area contributed by atoms with E-state index in [1.165, 1.54) is 13.0 Å². The van der Waals surface area contributed by atoms with Gasteiger partial charge in [-0.3, -0.25) is 4.79 Å². The molecule has 102 valence electrons. The van der Waals surface area contributed by atoms with Crippen molar-refractivity contribution < 1.29 is 19.8 Å². The molecule has 0 bridgehead atoms. The number of aliphatic carboxylic acids is 1. The van der Waals surface area contributed by atoms with E-state index in [1.807, 2.05) is 0 Å². The van der Waals surface area contributed by atoms with Gasteiger partial charge < -0.3 is 10.2 Å². The number of carbonyl (C=O) groups excluding carboxylic acids is 1. The Morgan fingerprint density at radius 3 is 2.42 bits per heavy atom. The highest BCUT2D eigenvalue weighted by Gasteiger charge is 2.32. The van der Waals surface area contributed by atoms with Crippen LogP contribution < -0.4 is 0 Å². The highest BCUT2D eigenvalue weighted by Crippen LogP contribution is 2.27. The normalized spacial score (nSPS) is 14.8. The number of halogens is 1. The Hall–Kier alpha value is -1.21. The minimum Gasteiger partial charge on any atom is -0.478 e. The third-order valence-corrected chi connectivity index (χ3v) is 3.68. The van der Waals surface area contributed by atoms with Gasteiger partial charge in [-0.2, -0.15) is 0 Å². The Morgan fingerprint density at radius 1 is 1.32 bits per heavy atom. The number of rotatable bonds is 6. The van der Waals surface area contributed by atoms with Crippen LogP contribution in [0.5, 0.6) is 0 Å². The first kappa shape index (κ1) is 15.8. The maximum absolute atomic E-state index is 12.1. The molecule has 1 aromatic rings. The van der Waals surface area contributed by atoms with E-state index in [9.17, 15) is 14.7 Å². The number of aliphatic hydroxyl groups is 1. The molecule has 0 heterocycles. The fourth-order valence-electron chi connectivity index (χ4n) is 1.49. The molecule has 0 aromatic heterocycles. The van der Waals surface area contributed by atoms with Gasteiger partial charge in [-0.25, -0.2) is 4.79 Å². The van der Waals surface area contributed by atoms with Gasteiger partial charge in [0.1, 0.15) is 0 Å². The second-order valence-corrected chi connectivity index (χ2v) is 5.97. The van der Waals surface area contributed by atoms with E-state index in [0.717, 1.165) is 0 Å². The smallest absolute Gasteiger partial charge is 0.330 e. The number of hydrogen-bond acceptors (Lipinski definition) is 3. The van der Waals surface area contributed by atoms with E-state index in [0.29, 0.717) is 12.0 Å². The summed E-state index contributed by atoms with van der Waals surface area (Å²) in [5.41, 5.74) is 0.651. The molecule has 19 heavy (non-hydrogen) atoms. The Labute approximate surface area is 125 Å². The number of Topliss-reactive ketones (excluding diaryl/α,β-unsaturated/α-hetero) is 1. The second-order valence-electron chi connectivity index (χ2n) is 4.19. The number of alkyl halides is 1. The Morgan fingerprint density at radius 2 is 1.89 bits per heavy atom. The summed E-state index contributed by atoms with van der Waals surface area (Å²) < 4.78 is -1.52. The van der Waals surface area contributed by atoms with Crippen LogP contribution in [-0.4, -0.2) is 25.6 Å². The van der Waals surface area contributed by atoms with Crippen molar-refractivity contribution in [2.24, 2.45) is 0 Å². The Bertz CT molecular complexity index is 491. The minimum absolute atomic E-state index is 0.173. The number of hydrogen-bond donors (Lipinski definition) is 2. The topological polar surface area (TPSA) is 74.6 Å². The molecule has 0 fully saturated rings. The molecule has 1 atom stereocenters. The van der Waals surface area contributed by atoms with Gasteiger partial charge in [0, 0.05) is 11.1 Å². The number of carboxylic acid groups (broad SMARTS) is 1. The van der Waals surface area contributed by atoms with Crippen LogP contribution in [0.4, 0.5) is 0 Å². The van der Waals surface area contributed by atoms with Crippen LogP contribution in [0.2, 0.25) is 0 Å². The minimum atomic E-state index is -1.52. The van der Waals surface area contributed by atoms with Crippen molar-refractivity contribution in [1.29, 1.82) is 0 Å². The van der Waals surface area contributed by atoms with E-state index >= 15 is 0 Å². The zero-order valence-electron chi connectivity index (χ0n) is 10.5. The summed E-state index contributed by atoms with van der Waals surface area (Å²) in [7, 11) is 0. The number of carboxylic acids is 1. The van der Waals surface area contributed by atoms with Gasteiger partial charge in [-0.1, -0.05) is 36.4 Å². The third-order valence-electron chi connectivity index (χ3n) is 2.65. The highest BCUT2D eigenvalue weighted by atomic mass is 127. The lowest BCUT2D eigenvalue weighted by Gasteiger charge is -2.19. The lowest BCUT2D eigenvalue weighted by atomic mass is 10.0. The molecule has 0 radical (unpaired) electrons. The first-order chi connectivity index (χ1) is 8.84. The van der Waals surface area contributed by atoms with Crippen molar-refractivity contribution in [3.05, 3.63) is 47.5 Å². The molecule has 1 unspecified atom stereocenters. The maximum Gasteiger partial charge on any atom is 0.330 e. The number of benzene rings is 1. The van der Waals surface area contributed by atoms with Crippen molar-refractivity contribution in [3.8, 4) is 0 Å². The van der Waals surface area contributed by atoms with Crippen LogP contribution in [-0.2, 0) is 4.79 Å². The summed E-state index contributed by atoms with van der Waals surface area (Å²) in [5.74, 6) is -1.36. The van der Waals surface area contributed by atoms with Gasteiger partial charge in [-0.15, -0.1) is 0 Å². The molecule has 1 rings (SSSR count). The summed E-state index contributed by atoms with van der Waals surface area (Å²) >= 11 is 1.70. The van der Waals surface area contributed by atoms with Gasteiger partial charge in [0.15, 0.2) is 3.61 Å². The van der Waals surface area contributed by atoms with Crippen molar-refractivity contribution >= 4 is 34.3 Å². The average molecular weight is 374 g/mol. The molecule has 0 spiro atoms. The monoisotopic (exact) mass is 374 g/mol. The predicted octanol–water partition coefficient (Wildman–Crippen LogP) is 2.80. The standard InChI is InChI=1S/C14H15IO4/c1-10(13(17)18)6-5-9-14(15,19)12(16)11-7-3-2-4-8-11/h2-4,6-8,19H,5,9H2,1H3,(H,17,18). The third kappa shape index (κ3) is 4.76. The molecule has 2 N–H and O–H groups in total. The number of ketones is 1. The fourth-order valence-corrected chi connectivity index (χ4v) is 2.11. The van der Waals surface area contributed by atoms with Gasteiger partial charge >= 0.3 is 5.97 Å². The molecule has 5 heteroatoms. The van der Waals surface area contributed by atoms with Crippen molar-refractivity contribution in [3.63, 3.8) is 0 Å². The van der Waals surface area contributed by atoms with Gasteiger partial charge in [0.2, 0.25) is 5.78 Å². The molecule has 0 saturated heterocycles. The molecular weight excluding hydrogens is 359 g/mol. The van der Waals surface area contributed by atoms with Crippen LogP contribution in [0.15, 0.2) is 42.0 Å². The summed E-state index contributed by atoms with van der Waals surface area (Å²) in [6.45, 7) is 1.48. The maximum atomic E-state index is 12.1. The lowest BCUT2D eigenvalue weighted by molar-refractivity contribution is -0.132. The summed E-state index contributed by atoms with van der Waals surface area (Å²) in [6.07, 6.45) is 2.01. The first-order valence-corrected chi connectivity index (χ1v) is 6.83. The largest absolute Gasteiger partial charge is 0.478 e. The fraction of sp³-hybridized carbons (Fsp3) is 0.286. The molecule has 0 aliphatic rings.